The first-order valence-electron chi connectivity index (χ1n) is 10.5. The third-order valence-corrected chi connectivity index (χ3v) is 5.13. The lowest BCUT2D eigenvalue weighted by molar-refractivity contribution is 0.102. The van der Waals surface area contributed by atoms with Gasteiger partial charge in [0.1, 0.15) is 5.75 Å². The number of carbonyl (C=O) groups excluding carboxylic acids is 1. The highest BCUT2D eigenvalue weighted by molar-refractivity contribution is 6.04. The Kier molecular flexibility index (Phi) is 7.46. The number of aryl methyl sites for hydroxylation is 1. The van der Waals surface area contributed by atoms with Crippen molar-refractivity contribution in [1.29, 1.82) is 0 Å². The van der Waals surface area contributed by atoms with Crippen molar-refractivity contribution in [2.45, 2.75) is 45.4 Å². The van der Waals surface area contributed by atoms with Crippen molar-refractivity contribution in [2.24, 2.45) is 0 Å². The molecule has 0 spiro atoms. The Hall–Kier alpha value is -3.07. The van der Waals surface area contributed by atoms with E-state index >= 15 is 0 Å². The molecule has 0 saturated heterocycles. The molecular formula is C26H29NO2. The van der Waals surface area contributed by atoms with Gasteiger partial charge in [0.15, 0.2) is 0 Å². The maximum atomic E-state index is 12.4. The summed E-state index contributed by atoms with van der Waals surface area (Å²) >= 11 is 0. The molecule has 3 rings (SSSR count). The SMILES string of the molecule is CCCCCCCc1ccc(-c2ccc(C(=O)Nc3ccc(O)cc3)cc2)cc1. The molecule has 0 bridgehead atoms. The largest absolute Gasteiger partial charge is 0.508 e. The molecule has 0 unspecified atom stereocenters. The number of phenols is 1. The van der Waals surface area contributed by atoms with Crippen LogP contribution in [0.4, 0.5) is 5.69 Å². The topological polar surface area (TPSA) is 49.3 Å². The predicted molar refractivity (Wildman–Crippen MR) is 120 cm³/mol. The van der Waals surface area contributed by atoms with Crippen molar-refractivity contribution in [3.05, 3.63) is 83.9 Å². The zero-order chi connectivity index (χ0) is 20.5. The predicted octanol–water partition coefficient (Wildman–Crippen LogP) is 6.82. The monoisotopic (exact) mass is 387 g/mol. The third kappa shape index (κ3) is 6.21. The second-order valence-electron chi connectivity index (χ2n) is 7.44. The van der Waals surface area contributed by atoms with Gasteiger partial charge < -0.3 is 10.4 Å². The third-order valence-electron chi connectivity index (χ3n) is 5.13. The van der Waals surface area contributed by atoms with Crippen molar-refractivity contribution in [3.63, 3.8) is 0 Å². The fourth-order valence-electron chi connectivity index (χ4n) is 3.36. The van der Waals surface area contributed by atoms with Gasteiger partial charge in [0.05, 0.1) is 0 Å². The van der Waals surface area contributed by atoms with Crippen LogP contribution in [0.3, 0.4) is 0 Å². The molecule has 0 aliphatic carbocycles. The number of hydrogen-bond donors (Lipinski definition) is 2. The molecule has 0 radical (unpaired) electrons. The van der Waals surface area contributed by atoms with Crippen LogP contribution < -0.4 is 5.32 Å². The summed E-state index contributed by atoms with van der Waals surface area (Å²) in [4.78, 5) is 12.4. The number of carbonyl (C=O) groups is 1. The van der Waals surface area contributed by atoms with E-state index in [-0.39, 0.29) is 11.7 Å². The van der Waals surface area contributed by atoms with Crippen LogP contribution in [0.5, 0.6) is 5.75 Å². The van der Waals surface area contributed by atoms with Gasteiger partial charge >= 0.3 is 0 Å². The summed E-state index contributed by atoms with van der Waals surface area (Å²) in [5, 5.41) is 12.2. The second kappa shape index (κ2) is 10.5. The second-order valence-corrected chi connectivity index (χ2v) is 7.44. The molecule has 29 heavy (non-hydrogen) atoms. The van der Waals surface area contributed by atoms with Gasteiger partial charge in [0, 0.05) is 11.3 Å². The first-order valence-corrected chi connectivity index (χ1v) is 10.5. The summed E-state index contributed by atoms with van der Waals surface area (Å²) in [6, 6.07) is 22.8. The summed E-state index contributed by atoms with van der Waals surface area (Å²) in [7, 11) is 0. The molecule has 0 atom stereocenters. The standard InChI is InChI=1S/C26H29NO2/c1-2-3-4-5-6-7-20-8-10-21(11-9-20)22-12-14-23(15-13-22)26(29)27-24-16-18-25(28)19-17-24/h8-19,28H,2-7H2,1H3,(H,27,29). The Morgan fingerprint density at radius 3 is 1.97 bits per heavy atom. The molecule has 0 aliphatic heterocycles. The molecule has 0 aliphatic rings. The Bertz CT molecular complexity index is 897. The number of aromatic hydroxyl groups is 1. The highest BCUT2D eigenvalue weighted by Crippen LogP contribution is 2.22. The van der Waals surface area contributed by atoms with E-state index in [0.29, 0.717) is 11.3 Å². The van der Waals surface area contributed by atoms with E-state index in [0.717, 1.165) is 17.5 Å². The van der Waals surface area contributed by atoms with Crippen molar-refractivity contribution < 1.29 is 9.90 Å². The molecule has 0 fully saturated rings. The number of rotatable bonds is 9. The zero-order valence-corrected chi connectivity index (χ0v) is 17.0. The molecule has 3 aromatic rings. The van der Waals surface area contributed by atoms with E-state index in [9.17, 15) is 9.90 Å². The number of hydrogen-bond acceptors (Lipinski definition) is 2. The molecule has 1 amide bonds. The van der Waals surface area contributed by atoms with E-state index in [4.69, 9.17) is 0 Å². The van der Waals surface area contributed by atoms with Gasteiger partial charge in [-0.25, -0.2) is 0 Å². The van der Waals surface area contributed by atoms with Crippen LogP contribution in [-0.2, 0) is 6.42 Å². The summed E-state index contributed by atoms with van der Waals surface area (Å²) in [5.74, 6) is 0.00974. The van der Waals surface area contributed by atoms with Crippen molar-refractivity contribution in [3.8, 4) is 16.9 Å². The van der Waals surface area contributed by atoms with Crippen LogP contribution in [0.15, 0.2) is 72.8 Å². The number of unbranched alkanes of at least 4 members (excludes halogenated alkanes) is 4. The Morgan fingerprint density at radius 2 is 1.34 bits per heavy atom. The minimum atomic E-state index is -0.166. The maximum Gasteiger partial charge on any atom is 0.255 e. The highest BCUT2D eigenvalue weighted by Gasteiger charge is 2.07. The number of amides is 1. The average molecular weight is 388 g/mol. The smallest absolute Gasteiger partial charge is 0.255 e. The lowest BCUT2D eigenvalue weighted by Gasteiger charge is -2.08. The van der Waals surface area contributed by atoms with Gasteiger partial charge in [0.2, 0.25) is 0 Å². The average Bonchev–Trinajstić information content (AvgIpc) is 2.76. The Balaban J connectivity index is 1.56. The van der Waals surface area contributed by atoms with Crippen LogP contribution >= 0.6 is 0 Å². The number of anilines is 1. The molecule has 3 heteroatoms. The van der Waals surface area contributed by atoms with Crippen molar-refractivity contribution in [1.82, 2.24) is 0 Å². The minimum Gasteiger partial charge on any atom is -0.508 e. The van der Waals surface area contributed by atoms with Crippen LogP contribution in [0.2, 0.25) is 0 Å². The van der Waals surface area contributed by atoms with Gasteiger partial charge in [-0.1, -0.05) is 69.0 Å². The van der Waals surface area contributed by atoms with Gasteiger partial charge in [0.25, 0.3) is 5.91 Å². The molecule has 0 aromatic heterocycles. The van der Waals surface area contributed by atoms with Gasteiger partial charge in [-0.3, -0.25) is 4.79 Å². The van der Waals surface area contributed by atoms with Crippen molar-refractivity contribution in [2.75, 3.05) is 5.32 Å². The van der Waals surface area contributed by atoms with Crippen LogP contribution in [0, 0.1) is 0 Å². The molecule has 0 heterocycles. The molecule has 3 aromatic carbocycles. The van der Waals surface area contributed by atoms with E-state index in [1.807, 2.05) is 24.3 Å². The van der Waals surface area contributed by atoms with Crippen LogP contribution in [0.25, 0.3) is 11.1 Å². The van der Waals surface area contributed by atoms with Crippen LogP contribution in [0.1, 0.15) is 54.9 Å². The van der Waals surface area contributed by atoms with E-state index in [1.165, 1.54) is 37.7 Å². The number of phenolic OH excluding ortho intramolecular Hbond substituents is 1. The highest BCUT2D eigenvalue weighted by atomic mass is 16.3. The summed E-state index contributed by atoms with van der Waals surface area (Å²) in [6.45, 7) is 2.24. The molecular weight excluding hydrogens is 358 g/mol. The first kappa shape index (κ1) is 20.7. The minimum absolute atomic E-state index is 0.166. The summed E-state index contributed by atoms with van der Waals surface area (Å²) in [5.41, 5.74) is 4.90. The number of nitrogens with one attached hydrogen (secondary N) is 1. The molecule has 150 valence electrons. The number of benzene rings is 3. The van der Waals surface area contributed by atoms with Gasteiger partial charge in [-0.05, 0) is 65.9 Å². The Labute approximate surface area is 173 Å². The molecule has 2 N–H and O–H groups in total. The quantitative estimate of drug-likeness (QED) is 0.312. The molecule has 0 saturated carbocycles. The maximum absolute atomic E-state index is 12.4. The molecule has 3 nitrogen and oxygen atoms in total. The normalized spacial score (nSPS) is 10.7. The van der Waals surface area contributed by atoms with E-state index in [2.05, 4.69) is 36.5 Å². The lowest BCUT2D eigenvalue weighted by Crippen LogP contribution is -2.11. The van der Waals surface area contributed by atoms with E-state index in [1.54, 1.807) is 24.3 Å². The zero-order valence-electron chi connectivity index (χ0n) is 17.0. The van der Waals surface area contributed by atoms with Gasteiger partial charge in [-0.2, -0.15) is 0 Å². The van der Waals surface area contributed by atoms with Crippen molar-refractivity contribution >= 4 is 11.6 Å². The van der Waals surface area contributed by atoms with Crippen LogP contribution in [-0.4, -0.2) is 11.0 Å². The van der Waals surface area contributed by atoms with E-state index < -0.39 is 0 Å². The lowest BCUT2D eigenvalue weighted by atomic mass is 10.00. The fourth-order valence-corrected chi connectivity index (χ4v) is 3.36. The fraction of sp³-hybridized carbons (Fsp3) is 0.269. The summed E-state index contributed by atoms with van der Waals surface area (Å²) in [6.07, 6.45) is 7.66. The Morgan fingerprint density at radius 1 is 0.759 bits per heavy atom. The van der Waals surface area contributed by atoms with Gasteiger partial charge in [-0.15, -0.1) is 0 Å². The summed E-state index contributed by atoms with van der Waals surface area (Å²) < 4.78 is 0. The first-order chi connectivity index (χ1) is 14.2.